The van der Waals surface area contributed by atoms with E-state index in [9.17, 15) is 4.79 Å². The summed E-state index contributed by atoms with van der Waals surface area (Å²) in [5.41, 5.74) is 2.93. The number of carbonyl (C=O) groups is 1. The average Bonchev–Trinajstić information content (AvgIpc) is 2.68. The number of hydrogen-bond acceptors (Lipinski definition) is 4. The van der Waals surface area contributed by atoms with Gasteiger partial charge in [-0.25, -0.2) is 9.10 Å². The minimum Gasteiger partial charge on any atom is -0.423 e. The maximum Gasteiger partial charge on any atom is 0.343 e. The molecule has 0 saturated carbocycles. The van der Waals surface area contributed by atoms with Crippen LogP contribution in [0.4, 0.5) is 0 Å². The van der Waals surface area contributed by atoms with Gasteiger partial charge in [-0.15, -0.1) is 0 Å². The van der Waals surface area contributed by atoms with E-state index in [2.05, 4.69) is 29.4 Å². The first-order valence-electron chi connectivity index (χ1n) is 9.54. The molecule has 0 atom stereocenters. The van der Waals surface area contributed by atoms with Crippen LogP contribution in [0.5, 0.6) is 5.75 Å². The smallest absolute Gasteiger partial charge is 0.343 e. The molecule has 1 aliphatic heterocycles. The summed E-state index contributed by atoms with van der Waals surface area (Å²) in [6.07, 6.45) is 0.812. The summed E-state index contributed by atoms with van der Waals surface area (Å²) in [6, 6.07) is 25.7. The van der Waals surface area contributed by atoms with Gasteiger partial charge in [0.2, 0.25) is 0 Å². The Kier molecular flexibility index (Phi) is 5.79. The second kappa shape index (κ2) is 8.63. The van der Waals surface area contributed by atoms with Crippen molar-refractivity contribution in [2.24, 2.45) is 5.92 Å². The van der Waals surface area contributed by atoms with Crippen molar-refractivity contribution in [2.75, 3.05) is 13.1 Å². The highest BCUT2D eigenvalue weighted by Gasteiger charge is 2.23. The van der Waals surface area contributed by atoms with Crippen LogP contribution in [0.15, 0.2) is 83.8 Å². The van der Waals surface area contributed by atoms with Crippen LogP contribution in [-0.2, 0) is 6.42 Å². The molecule has 3 nitrogen and oxygen atoms in total. The van der Waals surface area contributed by atoms with Gasteiger partial charge in [-0.1, -0.05) is 55.5 Å². The molecule has 1 fully saturated rings. The summed E-state index contributed by atoms with van der Waals surface area (Å²) in [4.78, 5) is 13.7. The van der Waals surface area contributed by atoms with E-state index in [1.807, 2.05) is 54.6 Å². The van der Waals surface area contributed by atoms with Gasteiger partial charge in [-0.2, -0.15) is 0 Å². The third-order valence-corrected chi connectivity index (χ3v) is 5.72. The third kappa shape index (κ3) is 4.83. The Morgan fingerprint density at radius 2 is 1.71 bits per heavy atom. The molecule has 1 aliphatic rings. The van der Waals surface area contributed by atoms with Crippen molar-refractivity contribution in [2.45, 2.75) is 18.2 Å². The summed E-state index contributed by atoms with van der Waals surface area (Å²) in [6.45, 7) is 4.43. The SMILES string of the molecule is CC1CN(Sc2cccc(C(=O)Oc3cccc(Cc4ccccc4)c3)c2)C1. The van der Waals surface area contributed by atoms with Crippen molar-refractivity contribution in [1.29, 1.82) is 0 Å². The Labute approximate surface area is 170 Å². The lowest BCUT2D eigenvalue weighted by Gasteiger charge is -2.35. The van der Waals surface area contributed by atoms with E-state index in [0.717, 1.165) is 35.9 Å². The second-order valence-electron chi connectivity index (χ2n) is 7.27. The summed E-state index contributed by atoms with van der Waals surface area (Å²) in [5.74, 6) is 1.01. The zero-order valence-electron chi connectivity index (χ0n) is 15.9. The molecule has 0 aromatic heterocycles. The first-order valence-corrected chi connectivity index (χ1v) is 10.3. The maximum atomic E-state index is 12.6. The van der Waals surface area contributed by atoms with Gasteiger partial charge in [0.15, 0.2) is 0 Å². The number of ether oxygens (including phenoxy) is 1. The van der Waals surface area contributed by atoms with Gasteiger partial charge < -0.3 is 4.74 Å². The second-order valence-corrected chi connectivity index (χ2v) is 8.44. The van der Waals surface area contributed by atoms with Crippen LogP contribution in [0.2, 0.25) is 0 Å². The fourth-order valence-corrected chi connectivity index (χ4v) is 4.54. The van der Waals surface area contributed by atoms with Gasteiger partial charge in [0.05, 0.1) is 5.56 Å². The Hall–Kier alpha value is -2.56. The van der Waals surface area contributed by atoms with Gasteiger partial charge in [0.1, 0.15) is 5.75 Å². The van der Waals surface area contributed by atoms with Gasteiger partial charge in [-0.3, -0.25) is 0 Å². The zero-order chi connectivity index (χ0) is 19.3. The molecule has 0 amide bonds. The van der Waals surface area contributed by atoms with Gasteiger partial charge in [-0.05, 0) is 65.7 Å². The molecule has 1 saturated heterocycles. The van der Waals surface area contributed by atoms with Crippen LogP contribution in [-0.4, -0.2) is 23.4 Å². The topological polar surface area (TPSA) is 29.5 Å². The minimum atomic E-state index is -0.323. The lowest BCUT2D eigenvalue weighted by atomic mass is 10.1. The fourth-order valence-electron chi connectivity index (χ4n) is 3.26. The number of carbonyl (C=O) groups excluding carboxylic acids is 1. The van der Waals surface area contributed by atoms with Gasteiger partial charge in [0, 0.05) is 18.0 Å². The molecule has 142 valence electrons. The maximum absolute atomic E-state index is 12.6. The Morgan fingerprint density at radius 3 is 2.50 bits per heavy atom. The number of rotatable bonds is 6. The lowest BCUT2D eigenvalue weighted by molar-refractivity contribution is 0.0734. The Balaban J connectivity index is 1.41. The molecule has 0 unspecified atom stereocenters. The first-order chi connectivity index (χ1) is 13.7. The van der Waals surface area contributed by atoms with E-state index in [0.29, 0.717) is 11.3 Å². The molecule has 4 rings (SSSR count). The van der Waals surface area contributed by atoms with Crippen LogP contribution >= 0.6 is 11.9 Å². The molecule has 4 heteroatoms. The predicted octanol–water partition coefficient (Wildman–Crippen LogP) is 5.46. The normalized spacial score (nSPS) is 14.5. The monoisotopic (exact) mass is 389 g/mol. The van der Waals surface area contributed by atoms with Crippen LogP contribution in [0.1, 0.15) is 28.4 Å². The first kappa shape index (κ1) is 18.8. The molecule has 0 aliphatic carbocycles. The third-order valence-electron chi connectivity index (χ3n) is 4.69. The molecular weight excluding hydrogens is 366 g/mol. The standard InChI is InChI=1S/C24H23NO2S/c1-18-16-25(17-18)28-23-12-6-10-21(15-23)24(26)27-22-11-5-9-20(14-22)13-19-7-3-2-4-8-19/h2-12,14-15,18H,13,16-17H2,1H3. The predicted molar refractivity (Wildman–Crippen MR) is 114 cm³/mol. The van der Waals surface area contributed by atoms with Crippen molar-refractivity contribution >= 4 is 17.9 Å². The van der Waals surface area contributed by atoms with Crippen molar-refractivity contribution in [3.63, 3.8) is 0 Å². The molecule has 1 heterocycles. The van der Waals surface area contributed by atoms with Crippen LogP contribution in [0.3, 0.4) is 0 Å². The Morgan fingerprint density at radius 1 is 0.964 bits per heavy atom. The van der Waals surface area contributed by atoms with E-state index in [1.165, 1.54) is 5.56 Å². The van der Waals surface area contributed by atoms with E-state index in [-0.39, 0.29) is 5.97 Å². The number of hydrogen-bond donors (Lipinski definition) is 0. The highest BCUT2D eigenvalue weighted by molar-refractivity contribution is 7.97. The van der Waals surface area contributed by atoms with E-state index < -0.39 is 0 Å². The average molecular weight is 390 g/mol. The summed E-state index contributed by atoms with van der Waals surface area (Å²) < 4.78 is 7.94. The van der Waals surface area contributed by atoms with E-state index in [4.69, 9.17) is 4.74 Å². The van der Waals surface area contributed by atoms with Gasteiger partial charge >= 0.3 is 5.97 Å². The van der Waals surface area contributed by atoms with E-state index >= 15 is 0 Å². The fraction of sp³-hybridized carbons (Fsp3) is 0.208. The number of benzene rings is 3. The Bertz CT molecular complexity index is 952. The highest BCUT2D eigenvalue weighted by Crippen LogP contribution is 2.30. The number of esters is 1. The summed E-state index contributed by atoms with van der Waals surface area (Å²) in [7, 11) is 0. The number of nitrogens with zero attached hydrogens (tertiary/aromatic N) is 1. The zero-order valence-corrected chi connectivity index (χ0v) is 16.7. The van der Waals surface area contributed by atoms with Crippen molar-refractivity contribution in [1.82, 2.24) is 4.31 Å². The highest BCUT2D eigenvalue weighted by atomic mass is 32.2. The van der Waals surface area contributed by atoms with Crippen LogP contribution in [0, 0.1) is 5.92 Å². The molecule has 28 heavy (non-hydrogen) atoms. The molecule has 0 bridgehead atoms. The van der Waals surface area contributed by atoms with Crippen LogP contribution in [0.25, 0.3) is 0 Å². The molecular formula is C24H23NO2S. The molecule has 0 N–H and O–H groups in total. The van der Waals surface area contributed by atoms with Crippen molar-refractivity contribution in [3.05, 3.63) is 95.6 Å². The quantitative estimate of drug-likeness (QED) is 0.318. The molecule has 0 spiro atoms. The molecule has 3 aromatic carbocycles. The van der Waals surface area contributed by atoms with Crippen molar-refractivity contribution in [3.8, 4) is 5.75 Å². The van der Waals surface area contributed by atoms with Crippen LogP contribution < -0.4 is 4.74 Å². The summed E-state index contributed by atoms with van der Waals surface area (Å²) in [5, 5.41) is 0. The van der Waals surface area contributed by atoms with Crippen molar-refractivity contribution < 1.29 is 9.53 Å². The largest absolute Gasteiger partial charge is 0.423 e. The minimum absolute atomic E-state index is 0.323. The van der Waals surface area contributed by atoms with Gasteiger partial charge in [0.25, 0.3) is 0 Å². The lowest BCUT2D eigenvalue weighted by Crippen LogP contribution is -2.39. The summed E-state index contributed by atoms with van der Waals surface area (Å²) >= 11 is 1.70. The van der Waals surface area contributed by atoms with E-state index in [1.54, 1.807) is 18.0 Å². The molecule has 0 radical (unpaired) electrons. The molecule has 3 aromatic rings.